The van der Waals surface area contributed by atoms with Crippen LogP contribution in [-0.2, 0) is 10.9 Å². The minimum atomic E-state index is -4.43. The lowest BCUT2D eigenvalue weighted by Gasteiger charge is -2.40. The van der Waals surface area contributed by atoms with Gasteiger partial charge in [-0.1, -0.05) is 0 Å². The maximum Gasteiger partial charge on any atom is 0.419 e. The summed E-state index contributed by atoms with van der Waals surface area (Å²) >= 11 is 3.00. The van der Waals surface area contributed by atoms with E-state index in [0.29, 0.717) is 11.0 Å². The van der Waals surface area contributed by atoms with Crippen molar-refractivity contribution in [3.63, 3.8) is 0 Å². The molecule has 0 atom stereocenters. The van der Waals surface area contributed by atoms with Crippen LogP contribution in [0.3, 0.4) is 0 Å². The summed E-state index contributed by atoms with van der Waals surface area (Å²) in [6, 6.07) is 1.02. The molecule has 0 aliphatic heterocycles. The molecule has 1 fully saturated rings. The maximum atomic E-state index is 12.9. The Kier molecular flexibility index (Phi) is 4.06. The fourth-order valence-corrected chi connectivity index (χ4v) is 2.40. The molecule has 1 heterocycles. The first-order valence-electron chi connectivity index (χ1n) is 5.88. The number of halogens is 4. The SMILES string of the molecule is COC1(CNc2ncc(Br)cc2C(F)(F)F)CCC1. The molecule has 3 nitrogen and oxygen atoms in total. The summed E-state index contributed by atoms with van der Waals surface area (Å²) in [5.74, 6) is -0.154. The second kappa shape index (κ2) is 5.28. The number of aromatic nitrogens is 1. The third kappa shape index (κ3) is 3.20. The summed E-state index contributed by atoms with van der Waals surface area (Å²) in [7, 11) is 1.58. The average molecular weight is 339 g/mol. The van der Waals surface area contributed by atoms with Crippen molar-refractivity contribution in [2.45, 2.75) is 31.0 Å². The van der Waals surface area contributed by atoms with Crippen LogP contribution in [-0.4, -0.2) is 24.2 Å². The smallest absolute Gasteiger partial charge is 0.376 e. The molecule has 0 radical (unpaired) electrons. The van der Waals surface area contributed by atoms with E-state index in [-0.39, 0.29) is 11.4 Å². The average Bonchev–Trinajstić information content (AvgIpc) is 2.28. The van der Waals surface area contributed by atoms with E-state index in [1.165, 1.54) is 6.20 Å². The molecule has 0 aromatic carbocycles. The molecule has 1 aromatic rings. The maximum absolute atomic E-state index is 12.9. The van der Waals surface area contributed by atoms with Gasteiger partial charge in [-0.2, -0.15) is 13.2 Å². The first-order chi connectivity index (χ1) is 8.86. The Morgan fingerprint density at radius 2 is 2.16 bits per heavy atom. The molecule has 1 aromatic heterocycles. The lowest BCUT2D eigenvalue weighted by Crippen LogP contribution is -2.45. The van der Waals surface area contributed by atoms with Crippen LogP contribution in [0.1, 0.15) is 24.8 Å². The van der Waals surface area contributed by atoms with Gasteiger partial charge >= 0.3 is 6.18 Å². The van der Waals surface area contributed by atoms with Crippen LogP contribution < -0.4 is 5.32 Å². The molecule has 0 saturated heterocycles. The van der Waals surface area contributed by atoms with Gasteiger partial charge in [0, 0.05) is 24.3 Å². The topological polar surface area (TPSA) is 34.1 Å². The van der Waals surface area contributed by atoms with E-state index in [4.69, 9.17) is 4.74 Å². The summed E-state index contributed by atoms with van der Waals surface area (Å²) in [4.78, 5) is 3.81. The van der Waals surface area contributed by atoms with Crippen molar-refractivity contribution < 1.29 is 17.9 Å². The number of hydrogen-bond donors (Lipinski definition) is 1. The number of anilines is 1. The van der Waals surface area contributed by atoms with Crippen molar-refractivity contribution in [1.82, 2.24) is 4.98 Å². The number of alkyl halides is 3. The molecule has 1 saturated carbocycles. The molecular weight excluding hydrogens is 325 g/mol. The van der Waals surface area contributed by atoms with Crippen LogP contribution in [0.2, 0.25) is 0 Å². The Bertz CT molecular complexity index is 455. The molecule has 0 amide bonds. The Balaban J connectivity index is 2.16. The third-order valence-corrected chi connectivity index (χ3v) is 3.87. The van der Waals surface area contributed by atoms with Crippen LogP contribution in [0.4, 0.5) is 19.0 Å². The summed E-state index contributed by atoms with van der Waals surface area (Å²) < 4.78 is 44.3. The van der Waals surface area contributed by atoms with Crippen LogP contribution >= 0.6 is 15.9 Å². The molecule has 2 rings (SSSR count). The first-order valence-corrected chi connectivity index (χ1v) is 6.67. The van der Waals surface area contributed by atoms with E-state index in [9.17, 15) is 13.2 Å². The van der Waals surface area contributed by atoms with Crippen LogP contribution in [0.5, 0.6) is 0 Å². The lowest BCUT2D eigenvalue weighted by molar-refractivity contribution is -0.137. The number of hydrogen-bond acceptors (Lipinski definition) is 3. The van der Waals surface area contributed by atoms with Crippen LogP contribution in [0.25, 0.3) is 0 Å². The largest absolute Gasteiger partial charge is 0.419 e. The first kappa shape index (κ1) is 14.6. The van der Waals surface area contributed by atoms with Gasteiger partial charge in [0.1, 0.15) is 5.82 Å². The molecule has 19 heavy (non-hydrogen) atoms. The molecule has 7 heteroatoms. The fraction of sp³-hybridized carbons (Fsp3) is 0.583. The predicted molar refractivity (Wildman–Crippen MR) is 69.0 cm³/mol. The molecule has 106 valence electrons. The molecule has 1 aliphatic carbocycles. The van der Waals surface area contributed by atoms with Gasteiger partial charge in [-0.3, -0.25) is 0 Å². The third-order valence-electron chi connectivity index (χ3n) is 3.44. The van der Waals surface area contributed by atoms with Crippen molar-refractivity contribution in [1.29, 1.82) is 0 Å². The van der Waals surface area contributed by atoms with Gasteiger partial charge in [-0.05, 0) is 41.3 Å². The van der Waals surface area contributed by atoms with E-state index in [1.807, 2.05) is 0 Å². The van der Waals surface area contributed by atoms with Gasteiger partial charge < -0.3 is 10.1 Å². The number of nitrogens with one attached hydrogen (secondary N) is 1. The highest BCUT2D eigenvalue weighted by Crippen LogP contribution is 2.38. The Morgan fingerprint density at radius 1 is 1.47 bits per heavy atom. The minimum absolute atomic E-state index is 0.154. The number of methoxy groups -OCH3 is 1. The number of nitrogens with zero attached hydrogens (tertiary/aromatic N) is 1. The number of ether oxygens (including phenoxy) is 1. The van der Waals surface area contributed by atoms with E-state index in [2.05, 4.69) is 26.2 Å². The van der Waals surface area contributed by atoms with Gasteiger partial charge in [0.15, 0.2) is 0 Å². The summed E-state index contributed by atoms with van der Waals surface area (Å²) in [5, 5.41) is 2.76. The monoisotopic (exact) mass is 338 g/mol. The summed E-state index contributed by atoms with van der Waals surface area (Å²) in [6.07, 6.45) is -0.338. The standard InChI is InChI=1S/C12H14BrF3N2O/c1-19-11(3-2-4-11)7-18-10-9(12(14,15)16)5-8(13)6-17-10/h5-6H,2-4,7H2,1H3,(H,17,18). The predicted octanol–water partition coefficient (Wildman–Crippen LogP) is 3.84. The van der Waals surface area contributed by atoms with Crippen molar-refractivity contribution in [2.24, 2.45) is 0 Å². The highest BCUT2D eigenvalue weighted by Gasteiger charge is 2.39. The van der Waals surface area contributed by atoms with Crippen molar-refractivity contribution in [3.05, 3.63) is 22.3 Å². The number of rotatable bonds is 4. The molecule has 1 N–H and O–H groups in total. The minimum Gasteiger partial charge on any atom is -0.376 e. The van der Waals surface area contributed by atoms with Crippen LogP contribution in [0, 0.1) is 0 Å². The highest BCUT2D eigenvalue weighted by molar-refractivity contribution is 9.10. The van der Waals surface area contributed by atoms with Gasteiger partial charge in [0.25, 0.3) is 0 Å². The van der Waals surface area contributed by atoms with Crippen molar-refractivity contribution in [3.8, 4) is 0 Å². The Labute approximate surface area is 117 Å². The van der Waals surface area contributed by atoms with Gasteiger partial charge in [-0.15, -0.1) is 0 Å². The normalized spacial score (nSPS) is 17.9. The molecular formula is C12H14BrF3N2O. The summed E-state index contributed by atoms with van der Waals surface area (Å²) in [5.41, 5.74) is -1.12. The number of pyridine rings is 1. The van der Waals surface area contributed by atoms with Gasteiger partial charge in [0.2, 0.25) is 0 Å². The quantitative estimate of drug-likeness (QED) is 0.905. The van der Waals surface area contributed by atoms with Crippen LogP contribution in [0.15, 0.2) is 16.7 Å². The molecule has 0 bridgehead atoms. The Morgan fingerprint density at radius 3 is 2.63 bits per heavy atom. The molecule has 1 aliphatic rings. The van der Waals surface area contributed by atoms with Crippen molar-refractivity contribution in [2.75, 3.05) is 19.0 Å². The zero-order chi connectivity index (χ0) is 14.1. The lowest BCUT2D eigenvalue weighted by atomic mass is 9.80. The second-order valence-corrected chi connectivity index (χ2v) is 5.56. The molecule has 0 unspecified atom stereocenters. The van der Waals surface area contributed by atoms with Gasteiger partial charge in [0.05, 0.1) is 11.2 Å². The second-order valence-electron chi connectivity index (χ2n) is 4.64. The van der Waals surface area contributed by atoms with E-state index in [0.717, 1.165) is 25.3 Å². The van der Waals surface area contributed by atoms with Gasteiger partial charge in [-0.25, -0.2) is 4.98 Å². The zero-order valence-corrected chi connectivity index (χ0v) is 11.9. The highest BCUT2D eigenvalue weighted by atomic mass is 79.9. The van der Waals surface area contributed by atoms with E-state index >= 15 is 0 Å². The van der Waals surface area contributed by atoms with Crippen molar-refractivity contribution >= 4 is 21.7 Å². The molecule has 0 spiro atoms. The Hall–Kier alpha value is -0.820. The fourth-order valence-electron chi connectivity index (χ4n) is 2.07. The zero-order valence-electron chi connectivity index (χ0n) is 10.4. The van der Waals surface area contributed by atoms with E-state index < -0.39 is 11.7 Å². The van der Waals surface area contributed by atoms with E-state index in [1.54, 1.807) is 7.11 Å². The summed E-state index contributed by atoms with van der Waals surface area (Å²) in [6.45, 7) is 0.335.